The quantitative estimate of drug-likeness (QED) is 0.0296. The first kappa shape index (κ1) is 65.0. The number of carbonyl (C=O) groups is 4. The molecule has 434 valence electrons. The van der Waals surface area contributed by atoms with E-state index in [1.807, 2.05) is 13.0 Å². The van der Waals surface area contributed by atoms with Crippen LogP contribution in [-0.2, 0) is 63.5 Å². The lowest BCUT2D eigenvalue weighted by Crippen LogP contribution is -2.54. The Bertz CT molecular complexity index is 2090. The van der Waals surface area contributed by atoms with Crippen LogP contribution in [0, 0.1) is 0 Å². The van der Waals surface area contributed by atoms with Crippen LogP contribution < -0.4 is 0 Å². The number of ether oxygens (including phenoxy) is 7. The largest absolute Gasteiger partial charge is 0.462 e. The summed E-state index contributed by atoms with van der Waals surface area (Å²) < 4.78 is 130. The SMILES string of the molecule is CCCCCCCCCCCC[C@@H](OC(=O)[C@@](OC)(c1ccccc1)C(F)(F)F)[C@H]1CC[C@H]([C@@H](CC(CCCCC(O)CCCCCCCC2=C[C@H](C)OC2=O)OC(C)=O)OC(=O)[C@@](OC)(c2ccccc2)C(F)(F)F)O1. The second kappa shape index (κ2) is 32.5. The van der Waals surface area contributed by atoms with Crippen molar-refractivity contribution in [3.05, 3.63) is 83.4 Å². The highest BCUT2D eigenvalue weighted by Crippen LogP contribution is 2.46. The van der Waals surface area contributed by atoms with Crippen LogP contribution in [0.15, 0.2) is 72.3 Å². The molecule has 1 fully saturated rings. The van der Waals surface area contributed by atoms with E-state index < -0.39 is 89.2 Å². The molecule has 0 amide bonds. The number of rotatable bonds is 37. The summed E-state index contributed by atoms with van der Waals surface area (Å²) in [4.78, 5) is 52.8. The first-order chi connectivity index (χ1) is 36.7. The summed E-state index contributed by atoms with van der Waals surface area (Å²) in [5.74, 6) is -4.51. The Labute approximate surface area is 451 Å². The number of cyclic esters (lactones) is 1. The van der Waals surface area contributed by atoms with Crippen molar-refractivity contribution in [2.75, 3.05) is 14.2 Å². The summed E-state index contributed by atoms with van der Waals surface area (Å²) in [6.07, 6.45) is 0.820. The lowest BCUT2D eigenvalue weighted by Gasteiger charge is -2.36. The van der Waals surface area contributed by atoms with E-state index >= 15 is 26.3 Å². The Morgan fingerprint density at radius 3 is 1.49 bits per heavy atom. The van der Waals surface area contributed by atoms with Gasteiger partial charge in [0.25, 0.3) is 11.2 Å². The van der Waals surface area contributed by atoms with E-state index in [9.17, 15) is 24.3 Å². The summed E-state index contributed by atoms with van der Waals surface area (Å²) >= 11 is 0. The number of methoxy groups -OCH3 is 2. The summed E-state index contributed by atoms with van der Waals surface area (Å²) in [6, 6.07) is 12.6. The summed E-state index contributed by atoms with van der Waals surface area (Å²) in [7, 11) is 1.50. The number of unbranched alkanes of at least 4 members (excludes halogenated alkanes) is 14. The second-order valence-electron chi connectivity index (χ2n) is 20.7. The van der Waals surface area contributed by atoms with Crippen LogP contribution in [0.4, 0.5) is 26.3 Å². The van der Waals surface area contributed by atoms with Gasteiger partial charge in [-0.15, -0.1) is 0 Å². The number of aliphatic hydroxyl groups is 1. The molecule has 2 aromatic rings. The molecule has 0 aliphatic carbocycles. The maximum Gasteiger partial charge on any atom is 0.432 e. The maximum atomic E-state index is 15.3. The fraction of sp³-hybridized carbons (Fsp3) is 0.695. The van der Waals surface area contributed by atoms with Gasteiger partial charge < -0.3 is 38.3 Å². The van der Waals surface area contributed by atoms with Crippen molar-refractivity contribution in [2.45, 2.75) is 248 Å². The minimum absolute atomic E-state index is 0.00435. The highest BCUT2D eigenvalue weighted by atomic mass is 19.4. The van der Waals surface area contributed by atoms with E-state index in [4.69, 9.17) is 33.2 Å². The van der Waals surface area contributed by atoms with Gasteiger partial charge >= 0.3 is 36.2 Å². The molecule has 2 aromatic carbocycles. The molecule has 9 atom stereocenters. The van der Waals surface area contributed by atoms with E-state index in [2.05, 4.69) is 6.92 Å². The highest BCUT2D eigenvalue weighted by molar-refractivity contribution is 5.90. The van der Waals surface area contributed by atoms with Crippen molar-refractivity contribution >= 4 is 23.9 Å². The normalized spacial score (nSPS) is 20.0. The van der Waals surface area contributed by atoms with Crippen molar-refractivity contribution < 1.29 is 83.8 Å². The minimum atomic E-state index is -5.34. The van der Waals surface area contributed by atoms with E-state index in [1.54, 1.807) is 0 Å². The van der Waals surface area contributed by atoms with E-state index in [-0.39, 0.29) is 44.2 Å². The highest BCUT2D eigenvalue weighted by Gasteiger charge is 2.66. The number of carbonyl (C=O) groups excluding carboxylic acids is 4. The molecule has 18 heteroatoms. The van der Waals surface area contributed by atoms with Crippen LogP contribution in [0.3, 0.4) is 0 Å². The molecule has 0 aromatic heterocycles. The third kappa shape index (κ3) is 19.4. The first-order valence-corrected chi connectivity index (χ1v) is 27.9. The lowest BCUT2D eigenvalue weighted by atomic mass is 9.92. The van der Waals surface area contributed by atoms with Crippen LogP contribution in [0.2, 0.25) is 0 Å². The topological polar surface area (TPSA) is 153 Å². The number of hydrogen-bond donors (Lipinski definition) is 1. The van der Waals surface area contributed by atoms with Gasteiger partial charge in [-0.25, -0.2) is 14.4 Å². The van der Waals surface area contributed by atoms with Gasteiger partial charge in [0.1, 0.15) is 24.4 Å². The molecular weight excluding hydrogens is 1010 g/mol. The fourth-order valence-electron chi connectivity index (χ4n) is 10.5. The van der Waals surface area contributed by atoms with Gasteiger partial charge in [0.15, 0.2) is 0 Å². The van der Waals surface area contributed by atoms with Crippen LogP contribution in [0.1, 0.15) is 192 Å². The predicted molar refractivity (Wildman–Crippen MR) is 277 cm³/mol. The van der Waals surface area contributed by atoms with E-state index in [0.29, 0.717) is 50.5 Å². The number of aliphatic hydroxyl groups excluding tert-OH is 1. The number of hydrogen-bond acceptors (Lipinski definition) is 12. The third-order valence-corrected chi connectivity index (χ3v) is 14.7. The van der Waals surface area contributed by atoms with E-state index in [0.717, 1.165) is 116 Å². The molecule has 0 radical (unpaired) electrons. The third-order valence-electron chi connectivity index (χ3n) is 14.7. The lowest BCUT2D eigenvalue weighted by molar-refractivity contribution is -0.280. The van der Waals surface area contributed by atoms with Crippen molar-refractivity contribution in [2.24, 2.45) is 0 Å². The molecule has 0 bridgehead atoms. The molecule has 12 nitrogen and oxygen atoms in total. The monoisotopic (exact) mass is 1100 g/mol. The summed E-state index contributed by atoms with van der Waals surface area (Å²) in [5.41, 5.74) is -7.48. The average molecular weight is 1100 g/mol. The van der Waals surface area contributed by atoms with Gasteiger partial charge in [0.05, 0.1) is 18.3 Å². The summed E-state index contributed by atoms with van der Waals surface area (Å²) in [5, 5.41) is 10.8. The molecule has 2 aliphatic rings. The average Bonchev–Trinajstić information content (AvgIpc) is 4.04. The Hall–Kier alpha value is -4.52. The van der Waals surface area contributed by atoms with E-state index in [1.165, 1.54) is 49.2 Å². The van der Waals surface area contributed by atoms with Gasteiger partial charge in [-0.3, -0.25) is 4.79 Å². The fourth-order valence-corrected chi connectivity index (χ4v) is 10.5. The molecule has 1 saturated heterocycles. The standard InChI is InChI=1S/C59H84F6O12/c1-6-7-8-9-10-11-12-13-17-26-37-49(76-54(69)56(71-4,58(60,61)62)45-30-21-18-22-31-45)50-38-39-51(75-50)52(77-55(70)57(72-5,59(63,64)65)46-32-23-19-24-33-46)41-48(74-43(3)66)36-28-27-35-47(67)34-25-16-14-15-20-29-44-40-42(2)73-53(44)68/h18-19,21-24,30-33,40,42,47-52,67H,6-17,20,25-29,34-39,41H2,1-5H3/t42-,47?,48?,49+,50+,51+,52+,56-,57-/m0/s1. The van der Waals surface area contributed by atoms with Gasteiger partial charge in [0, 0.05) is 44.3 Å². The molecule has 2 unspecified atom stereocenters. The Kier molecular flexibility index (Phi) is 27.5. The van der Waals surface area contributed by atoms with Crippen molar-refractivity contribution in [1.82, 2.24) is 0 Å². The Balaban J connectivity index is 1.53. The zero-order chi connectivity index (χ0) is 56.5. The Morgan fingerprint density at radius 1 is 0.610 bits per heavy atom. The summed E-state index contributed by atoms with van der Waals surface area (Å²) in [6.45, 7) is 5.14. The molecule has 0 saturated carbocycles. The van der Waals surface area contributed by atoms with Crippen molar-refractivity contribution in [3.8, 4) is 0 Å². The van der Waals surface area contributed by atoms with Gasteiger partial charge in [-0.2, -0.15) is 26.3 Å². The minimum Gasteiger partial charge on any atom is -0.462 e. The number of esters is 4. The molecule has 0 spiro atoms. The van der Waals surface area contributed by atoms with Gasteiger partial charge in [-0.05, 0) is 77.2 Å². The molecular formula is C59H84F6O12. The molecule has 4 rings (SSSR count). The van der Waals surface area contributed by atoms with Crippen LogP contribution >= 0.6 is 0 Å². The first-order valence-electron chi connectivity index (χ1n) is 27.9. The smallest absolute Gasteiger partial charge is 0.432 e. The second-order valence-corrected chi connectivity index (χ2v) is 20.7. The van der Waals surface area contributed by atoms with Gasteiger partial charge in [0.2, 0.25) is 0 Å². The van der Waals surface area contributed by atoms with Crippen LogP contribution in [0.5, 0.6) is 0 Å². The molecule has 2 aliphatic heterocycles. The van der Waals surface area contributed by atoms with Crippen molar-refractivity contribution in [3.63, 3.8) is 0 Å². The Morgan fingerprint density at radius 2 is 1.04 bits per heavy atom. The number of alkyl halides is 6. The molecule has 77 heavy (non-hydrogen) atoms. The number of halogens is 6. The zero-order valence-corrected chi connectivity index (χ0v) is 45.8. The van der Waals surface area contributed by atoms with Crippen molar-refractivity contribution in [1.29, 1.82) is 0 Å². The zero-order valence-electron chi connectivity index (χ0n) is 45.8. The van der Waals surface area contributed by atoms with Gasteiger partial charge in [-0.1, -0.05) is 157 Å². The van der Waals surface area contributed by atoms with Crippen LogP contribution in [0.25, 0.3) is 0 Å². The molecule has 1 N–H and O–H groups in total. The molecule has 2 heterocycles. The predicted octanol–water partition coefficient (Wildman–Crippen LogP) is 13.7. The maximum absolute atomic E-state index is 15.3. The van der Waals surface area contributed by atoms with Crippen LogP contribution in [-0.4, -0.2) is 98.3 Å². The number of benzene rings is 2.